The fraction of sp³-hybridized carbons (Fsp3) is 0.440. The minimum atomic E-state index is -1.02. The van der Waals surface area contributed by atoms with Gasteiger partial charge in [-0.25, -0.2) is 9.59 Å². The third-order valence-corrected chi connectivity index (χ3v) is 5.40. The number of hydrogen-bond acceptors (Lipinski definition) is 5. The normalized spacial score (nSPS) is 18.9. The molecule has 1 unspecified atom stereocenters. The molecule has 1 atom stereocenters. The standard InChI is InChI=1S/C25H32N2O5/c1-24(2,3)32-23(30)27-15-14-26(22(29)31-17-21-12-8-5-9-13-21)18-25(27,19-28)16-20-10-6-4-7-11-20/h4-13,28H,14-19H2,1-3H3. The van der Waals surface area contributed by atoms with Gasteiger partial charge in [-0.3, -0.25) is 4.90 Å². The van der Waals surface area contributed by atoms with Gasteiger partial charge in [0.2, 0.25) is 0 Å². The van der Waals surface area contributed by atoms with Gasteiger partial charge >= 0.3 is 12.2 Å². The zero-order valence-electron chi connectivity index (χ0n) is 19.0. The van der Waals surface area contributed by atoms with Crippen LogP contribution in [0.5, 0.6) is 0 Å². The van der Waals surface area contributed by atoms with E-state index in [0.717, 1.165) is 11.1 Å². The molecule has 2 amide bonds. The first-order valence-corrected chi connectivity index (χ1v) is 10.8. The molecule has 3 rings (SSSR count). The number of ether oxygens (including phenoxy) is 2. The van der Waals surface area contributed by atoms with E-state index in [9.17, 15) is 14.7 Å². The van der Waals surface area contributed by atoms with Crippen LogP contribution in [0.1, 0.15) is 31.9 Å². The zero-order valence-corrected chi connectivity index (χ0v) is 19.0. The van der Waals surface area contributed by atoms with E-state index in [2.05, 4.69) is 0 Å². The van der Waals surface area contributed by atoms with Gasteiger partial charge in [0.05, 0.1) is 18.7 Å². The molecule has 0 aliphatic carbocycles. The maximum Gasteiger partial charge on any atom is 0.410 e. The molecule has 0 radical (unpaired) electrons. The first-order valence-electron chi connectivity index (χ1n) is 10.8. The summed E-state index contributed by atoms with van der Waals surface area (Å²) in [5.41, 5.74) is 0.158. The molecule has 2 aromatic rings. The molecule has 7 nitrogen and oxygen atoms in total. The van der Waals surface area contributed by atoms with Crippen molar-refractivity contribution in [2.75, 3.05) is 26.2 Å². The lowest BCUT2D eigenvalue weighted by molar-refractivity contribution is -0.0521. The number of rotatable bonds is 5. The molecule has 2 aromatic carbocycles. The summed E-state index contributed by atoms with van der Waals surface area (Å²) in [5, 5.41) is 10.5. The minimum Gasteiger partial charge on any atom is -0.445 e. The Bertz CT molecular complexity index is 898. The van der Waals surface area contributed by atoms with Crippen molar-refractivity contribution < 1.29 is 24.2 Å². The van der Waals surface area contributed by atoms with E-state index in [0.29, 0.717) is 13.0 Å². The number of benzene rings is 2. The van der Waals surface area contributed by atoms with Crippen LogP contribution in [-0.2, 0) is 22.5 Å². The van der Waals surface area contributed by atoms with E-state index >= 15 is 0 Å². The lowest BCUT2D eigenvalue weighted by Crippen LogP contribution is -2.68. The summed E-state index contributed by atoms with van der Waals surface area (Å²) in [7, 11) is 0. The highest BCUT2D eigenvalue weighted by molar-refractivity contribution is 5.72. The fourth-order valence-electron chi connectivity index (χ4n) is 3.86. The molecule has 172 valence electrons. The van der Waals surface area contributed by atoms with Crippen LogP contribution in [0.25, 0.3) is 0 Å². The van der Waals surface area contributed by atoms with Crippen LogP contribution in [0.15, 0.2) is 60.7 Å². The van der Waals surface area contributed by atoms with E-state index in [4.69, 9.17) is 9.47 Å². The van der Waals surface area contributed by atoms with Crippen molar-refractivity contribution in [3.8, 4) is 0 Å². The van der Waals surface area contributed by atoms with Crippen LogP contribution < -0.4 is 0 Å². The Morgan fingerprint density at radius 1 is 0.938 bits per heavy atom. The molecule has 0 saturated carbocycles. The highest BCUT2D eigenvalue weighted by Crippen LogP contribution is 2.29. The lowest BCUT2D eigenvalue weighted by Gasteiger charge is -2.49. The molecule has 1 aliphatic rings. The van der Waals surface area contributed by atoms with Crippen LogP contribution in [-0.4, -0.2) is 64.5 Å². The number of aliphatic hydroxyl groups excluding tert-OH is 1. The summed E-state index contributed by atoms with van der Waals surface area (Å²) in [6.45, 7) is 5.94. The van der Waals surface area contributed by atoms with Gasteiger partial charge in [0.15, 0.2) is 0 Å². The van der Waals surface area contributed by atoms with Gasteiger partial charge in [0, 0.05) is 13.1 Å². The van der Waals surface area contributed by atoms with Crippen LogP contribution >= 0.6 is 0 Å². The lowest BCUT2D eigenvalue weighted by atomic mass is 9.87. The third-order valence-electron chi connectivity index (χ3n) is 5.40. The zero-order chi connectivity index (χ0) is 23.2. The van der Waals surface area contributed by atoms with Gasteiger partial charge in [-0.05, 0) is 38.3 Å². The van der Waals surface area contributed by atoms with Crippen molar-refractivity contribution in [3.63, 3.8) is 0 Å². The summed E-state index contributed by atoms with van der Waals surface area (Å²) >= 11 is 0. The number of carbonyl (C=O) groups excluding carboxylic acids is 2. The first kappa shape index (κ1) is 23.6. The maximum absolute atomic E-state index is 13.0. The molecule has 0 bridgehead atoms. The number of carbonyl (C=O) groups is 2. The number of nitrogens with zero attached hydrogens (tertiary/aromatic N) is 2. The molecular weight excluding hydrogens is 408 g/mol. The van der Waals surface area contributed by atoms with Crippen molar-refractivity contribution in [2.45, 2.75) is 44.9 Å². The van der Waals surface area contributed by atoms with Crippen molar-refractivity contribution in [2.24, 2.45) is 0 Å². The average molecular weight is 441 g/mol. The van der Waals surface area contributed by atoms with Gasteiger partial charge in [0.25, 0.3) is 0 Å². The van der Waals surface area contributed by atoms with E-state index in [-0.39, 0.29) is 26.3 Å². The molecular formula is C25H32N2O5. The van der Waals surface area contributed by atoms with Gasteiger partial charge in [-0.2, -0.15) is 0 Å². The largest absolute Gasteiger partial charge is 0.445 e. The SMILES string of the molecule is CC(C)(C)OC(=O)N1CCN(C(=O)OCc2ccccc2)CC1(CO)Cc1ccccc1. The van der Waals surface area contributed by atoms with Crippen molar-refractivity contribution in [1.29, 1.82) is 0 Å². The molecule has 1 heterocycles. The summed E-state index contributed by atoms with van der Waals surface area (Å²) in [6, 6.07) is 19.1. The number of aliphatic hydroxyl groups is 1. The van der Waals surface area contributed by atoms with Gasteiger partial charge < -0.3 is 19.5 Å². The van der Waals surface area contributed by atoms with Crippen LogP contribution in [0, 0.1) is 0 Å². The fourth-order valence-corrected chi connectivity index (χ4v) is 3.86. The smallest absolute Gasteiger partial charge is 0.410 e. The Hall–Kier alpha value is -3.06. The van der Waals surface area contributed by atoms with E-state index < -0.39 is 23.3 Å². The van der Waals surface area contributed by atoms with Gasteiger partial charge in [-0.1, -0.05) is 60.7 Å². The van der Waals surface area contributed by atoms with Crippen LogP contribution in [0.3, 0.4) is 0 Å². The topological polar surface area (TPSA) is 79.3 Å². The molecule has 1 saturated heterocycles. The Morgan fingerprint density at radius 3 is 2.09 bits per heavy atom. The Balaban J connectivity index is 1.80. The highest BCUT2D eigenvalue weighted by Gasteiger charge is 2.47. The quantitative estimate of drug-likeness (QED) is 0.764. The number of amides is 2. The second-order valence-corrected chi connectivity index (χ2v) is 9.14. The van der Waals surface area contributed by atoms with Crippen molar-refractivity contribution >= 4 is 12.2 Å². The van der Waals surface area contributed by atoms with Crippen molar-refractivity contribution in [3.05, 3.63) is 71.8 Å². The second kappa shape index (κ2) is 10.0. The summed E-state index contributed by atoms with van der Waals surface area (Å²) in [5.74, 6) is 0. The average Bonchev–Trinajstić information content (AvgIpc) is 2.77. The first-order chi connectivity index (χ1) is 15.2. The van der Waals surface area contributed by atoms with Gasteiger partial charge in [-0.15, -0.1) is 0 Å². The molecule has 1 N–H and O–H groups in total. The van der Waals surface area contributed by atoms with Crippen molar-refractivity contribution in [1.82, 2.24) is 9.80 Å². The Labute approximate surface area is 189 Å². The van der Waals surface area contributed by atoms with E-state index in [1.807, 2.05) is 60.7 Å². The van der Waals surface area contributed by atoms with Crippen LogP contribution in [0.2, 0.25) is 0 Å². The van der Waals surface area contributed by atoms with E-state index in [1.165, 1.54) is 0 Å². The molecule has 0 aromatic heterocycles. The predicted octanol–water partition coefficient (Wildman–Crippen LogP) is 3.85. The predicted molar refractivity (Wildman–Crippen MR) is 121 cm³/mol. The van der Waals surface area contributed by atoms with E-state index in [1.54, 1.807) is 30.6 Å². The minimum absolute atomic E-state index is 0.144. The second-order valence-electron chi connectivity index (χ2n) is 9.14. The number of hydrogen-bond donors (Lipinski definition) is 1. The third kappa shape index (κ3) is 6.01. The summed E-state index contributed by atoms with van der Waals surface area (Å²) in [4.78, 5) is 29.0. The molecule has 0 spiro atoms. The van der Waals surface area contributed by atoms with Crippen LogP contribution in [0.4, 0.5) is 9.59 Å². The molecule has 32 heavy (non-hydrogen) atoms. The monoisotopic (exact) mass is 440 g/mol. The Morgan fingerprint density at radius 2 is 1.53 bits per heavy atom. The maximum atomic E-state index is 13.0. The van der Waals surface area contributed by atoms with Gasteiger partial charge in [0.1, 0.15) is 12.2 Å². The molecule has 7 heteroatoms. The number of piperazine rings is 1. The summed E-state index contributed by atoms with van der Waals surface area (Å²) < 4.78 is 11.1. The molecule has 1 aliphatic heterocycles. The summed E-state index contributed by atoms with van der Waals surface area (Å²) in [6.07, 6.45) is -0.588. The molecule has 1 fully saturated rings. The Kier molecular flexibility index (Phi) is 7.40. The highest BCUT2D eigenvalue weighted by atomic mass is 16.6.